The average Bonchev–Trinajstić information content (AvgIpc) is 2.45. The molecule has 106 valence electrons. The second-order valence-electron chi connectivity index (χ2n) is 4.52. The summed E-state index contributed by atoms with van der Waals surface area (Å²) in [6.07, 6.45) is 4.16. The molecule has 0 unspecified atom stereocenters. The van der Waals surface area contributed by atoms with E-state index >= 15 is 0 Å². The van der Waals surface area contributed by atoms with Crippen molar-refractivity contribution in [3.63, 3.8) is 0 Å². The summed E-state index contributed by atoms with van der Waals surface area (Å²) in [6, 6.07) is 3.88. The van der Waals surface area contributed by atoms with E-state index in [2.05, 4.69) is 15.4 Å². The van der Waals surface area contributed by atoms with Crippen LogP contribution in [0.5, 0.6) is 0 Å². The molecule has 20 heavy (non-hydrogen) atoms. The van der Waals surface area contributed by atoms with Gasteiger partial charge < -0.3 is 5.32 Å². The molecule has 0 saturated heterocycles. The third kappa shape index (κ3) is 3.17. The molecule has 6 heteroatoms. The van der Waals surface area contributed by atoms with Gasteiger partial charge in [0.1, 0.15) is 5.02 Å². The van der Waals surface area contributed by atoms with Crippen molar-refractivity contribution in [1.29, 1.82) is 0 Å². The normalized spacial score (nSPS) is 10.6. The van der Waals surface area contributed by atoms with Gasteiger partial charge in [-0.1, -0.05) is 24.6 Å². The van der Waals surface area contributed by atoms with Crippen molar-refractivity contribution in [2.75, 3.05) is 5.32 Å². The summed E-state index contributed by atoms with van der Waals surface area (Å²) in [5.74, 6) is 0. The summed E-state index contributed by atoms with van der Waals surface area (Å²) in [5, 5.41) is 7.38. The Bertz CT molecular complexity index is 654. The predicted molar refractivity (Wildman–Crippen MR) is 80.1 cm³/mol. The minimum Gasteiger partial charge on any atom is -0.377 e. The Morgan fingerprint density at radius 2 is 2.25 bits per heavy atom. The molecule has 0 radical (unpaired) electrons. The lowest BCUT2D eigenvalue weighted by molar-refractivity contribution is 0.568. The van der Waals surface area contributed by atoms with Gasteiger partial charge in [-0.25, -0.2) is 4.68 Å². The van der Waals surface area contributed by atoms with Crippen LogP contribution in [0, 0.1) is 6.92 Å². The molecule has 0 aromatic carbocycles. The van der Waals surface area contributed by atoms with Crippen LogP contribution in [0.2, 0.25) is 5.02 Å². The third-order valence-electron chi connectivity index (χ3n) is 2.98. The average molecular weight is 293 g/mol. The highest BCUT2D eigenvalue weighted by Crippen LogP contribution is 2.16. The highest BCUT2D eigenvalue weighted by molar-refractivity contribution is 6.32. The van der Waals surface area contributed by atoms with Crippen LogP contribution in [0.1, 0.15) is 24.6 Å². The summed E-state index contributed by atoms with van der Waals surface area (Å²) < 4.78 is 1.37. The zero-order chi connectivity index (χ0) is 14.5. The van der Waals surface area contributed by atoms with Crippen LogP contribution in [0.4, 0.5) is 5.69 Å². The van der Waals surface area contributed by atoms with Crippen molar-refractivity contribution >= 4 is 17.3 Å². The van der Waals surface area contributed by atoms with E-state index in [1.165, 1.54) is 4.68 Å². The zero-order valence-corrected chi connectivity index (χ0v) is 12.3. The monoisotopic (exact) mass is 292 g/mol. The van der Waals surface area contributed by atoms with Crippen LogP contribution in [0.15, 0.2) is 29.3 Å². The SMILES string of the molecule is CCCn1ncc(NCc2ncccc2C)c(Cl)c1=O. The molecule has 0 fully saturated rings. The molecule has 2 aromatic heterocycles. The lowest BCUT2D eigenvalue weighted by atomic mass is 10.2. The number of aryl methyl sites for hydroxylation is 2. The third-order valence-corrected chi connectivity index (χ3v) is 3.35. The van der Waals surface area contributed by atoms with Crippen molar-refractivity contribution in [2.24, 2.45) is 0 Å². The first-order valence-corrected chi connectivity index (χ1v) is 6.91. The first kappa shape index (κ1) is 14.5. The maximum absolute atomic E-state index is 12.0. The minimum absolute atomic E-state index is 0.169. The Labute approximate surface area is 122 Å². The quantitative estimate of drug-likeness (QED) is 0.920. The molecule has 2 rings (SSSR count). The summed E-state index contributed by atoms with van der Waals surface area (Å²) in [7, 11) is 0. The van der Waals surface area contributed by atoms with E-state index in [1.807, 2.05) is 26.0 Å². The van der Waals surface area contributed by atoms with Gasteiger partial charge in [0.05, 0.1) is 24.1 Å². The van der Waals surface area contributed by atoms with Crippen molar-refractivity contribution < 1.29 is 0 Å². The summed E-state index contributed by atoms with van der Waals surface area (Å²) in [5.41, 5.74) is 2.27. The van der Waals surface area contributed by atoms with E-state index in [9.17, 15) is 4.79 Å². The van der Waals surface area contributed by atoms with Gasteiger partial charge in [0.25, 0.3) is 5.56 Å². The minimum atomic E-state index is -0.267. The molecule has 0 aliphatic rings. The number of hydrogen-bond acceptors (Lipinski definition) is 4. The lowest BCUT2D eigenvalue weighted by Crippen LogP contribution is -2.24. The van der Waals surface area contributed by atoms with Gasteiger partial charge in [0, 0.05) is 12.7 Å². The van der Waals surface area contributed by atoms with E-state index in [1.54, 1.807) is 12.4 Å². The fraction of sp³-hybridized carbons (Fsp3) is 0.357. The Kier molecular flexibility index (Phi) is 4.74. The van der Waals surface area contributed by atoms with Gasteiger partial charge in [-0.3, -0.25) is 9.78 Å². The number of halogens is 1. The molecule has 0 atom stereocenters. The standard InChI is InChI=1S/C14H17ClN4O/c1-3-7-19-14(20)13(15)12(9-18-19)17-8-11-10(2)5-4-6-16-11/h4-6,9,17H,3,7-8H2,1-2H3. The molecule has 0 bridgehead atoms. The van der Waals surface area contributed by atoms with E-state index < -0.39 is 0 Å². The number of anilines is 1. The van der Waals surface area contributed by atoms with Crippen molar-refractivity contribution in [1.82, 2.24) is 14.8 Å². The first-order chi connectivity index (χ1) is 9.63. The number of rotatable bonds is 5. The van der Waals surface area contributed by atoms with Gasteiger partial charge in [0.15, 0.2) is 0 Å². The van der Waals surface area contributed by atoms with Gasteiger partial charge >= 0.3 is 0 Å². The second-order valence-corrected chi connectivity index (χ2v) is 4.90. The summed E-state index contributed by atoms with van der Waals surface area (Å²) >= 11 is 6.08. The van der Waals surface area contributed by atoms with E-state index in [-0.39, 0.29) is 10.6 Å². The molecule has 2 aromatic rings. The number of nitrogens with zero attached hydrogens (tertiary/aromatic N) is 3. The highest BCUT2D eigenvalue weighted by Gasteiger charge is 2.09. The molecule has 1 N–H and O–H groups in total. The predicted octanol–water partition coefficient (Wildman–Crippen LogP) is 2.62. The molecule has 2 heterocycles. The molecule has 0 aliphatic heterocycles. The van der Waals surface area contributed by atoms with E-state index in [0.717, 1.165) is 17.7 Å². The van der Waals surface area contributed by atoms with Gasteiger partial charge in [-0.05, 0) is 25.0 Å². The van der Waals surface area contributed by atoms with Crippen molar-refractivity contribution in [3.05, 3.63) is 51.2 Å². The number of hydrogen-bond donors (Lipinski definition) is 1. The van der Waals surface area contributed by atoms with Crippen LogP contribution in [-0.4, -0.2) is 14.8 Å². The maximum atomic E-state index is 12.0. The van der Waals surface area contributed by atoms with Crippen LogP contribution in [-0.2, 0) is 13.1 Å². The first-order valence-electron chi connectivity index (χ1n) is 6.53. The van der Waals surface area contributed by atoms with Crippen molar-refractivity contribution in [2.45, 2.75) is 33.4 Å². The number of nitrogens with one attached hydrogen (secondary N) is 1. The van der Waals surface area contributed by atoms with Crippen LogP contribution in [0.3, 0.4) is 0 Å². The maximum Gasteiger partial charge on any atom is 0.287 e. The van der Waals surface area contributed by atoms with Gasteiger partial charge in [-0.15, -0.1) is 0 Å². The Balaban J connectivity index is 2.17. The largest absolute Gasteiger partial charge is 0.377 e. The fourth-order valence-electron chi connectivity index (χ4n) is 1.84. The fourth-order valence-corrected chi connectivity index (χ4v) is 2.05. The molecule has 0 amide bonds. The Morgan fingerprint density at radius 3 is 2.95 bits per heavy atom. The van der Waals surface area contributed by atoms with Crippen LogP contribution >= 0.6 is 11.6 Å². The Hall–Kier alpha value is -1.88. The molecule has 0 aliphatic carbocycles. The summed E-state index contributed by atoms with van der Waals surface area (Å²) in [6.45, 7) is 5.05. The lowest BCUT2D eigenvalue weighted by Gasteiger charge is -2.10. The smallest absolute Gasteiger partial charge is 0.287 e. The molecule has 0 saturated carbocycles. The zero-order valence-electron chi connectivity index (χ0n) is 11.6. The number of pyridine rings is 1. The molecular formula is C14H17ClN4O. The highest BCUT2D eigenvalue weighted by atomic mass is 35.5. The molecule has 5 nitrogen and oxygen atoms in total. The van der Waals surface area contributed by atoms with Gasteiger partial charge in [-0.2, -0.15) is 5.10 Å². The van der Waals surface area contributed by atoms with E-state index in [4.69, 9.17) is 11.6 Å². The van der Waals surface area contributed by atoms with Gasteiger partial charge in [0.2, 0.25) is 0 Å². The van der Waals surface area contributed by atoms with E-state index in [0.29, 0.717) is 18.8 Å². The van der Waals surface area contributed by atoms with Crippen molar-refractivity contribution in [3.8, 4) is 0 Å². The van der Waals surface area contributed by atoms with Crippen LogP contribution < -0.4 is 10.9 Å². The second kappa shape index (κ2) is 6.52. The number of aromatic nitrogens is 3. The molecular weight excluding hydrogens is 276 g/mol. The van der Waals surface area contributed by atoms with Crippen LogP contribution in [0.25, 0.3) is 0 Å². The summed E-state index contributed by atoms with van der Waals surface area (Å²) in [4.78, 5) is 16.3. The Morgan fingerprint density at radius 1 is 1.45 bits per heavy atom. The molecule has 0 spiro atoms. The topological polar surface area (TPSA) is 59.8 Å².